The molecule has 0 radical (unpaired) electrons. The standard InChI is InChI=1S/C18H20FN3OS/c1-21-15-9-12(3-4-13(15)11-20-21)18(23)22-7-2-8-24-17-6-5-14(19)10-16(17)22/h5-6,10-12H,2-4,7-9H2,1H3. The third-order valence-corrected chi connectivity index (χ3v) is 6.11. The van der Waals surface area contributed by atoms with Gasteiger partial charge in [0.15, 0.2) is 0 Å². The van der Waals surface area contributed by atoms with Gasteiger partial charge in [-0.3, -0.25) is 9.48 Å². The van der Waals surface area contributed by atoms with Gasteiger partial charge in [0, 0.05) is 36.5 Å². The van der Waals surface area contributed by atoms with E-state index in [1.807, 2.05) is 22.8 Å². The van der Waals surface area contributed by atoms with Crippen molar-refractivity contribution in [3.05, 3.63) is 41.5 Å². The second kappa shape index (κ2) is 6.24. The van der Waals surface area contributed by atoms with Crippen LogP contribution in [0.5, 0.6) is 0 Å². The Kier molecular flexibility index (Phi) is 4.08. The van der Waals surface area contributed by atoms with Crippen LogP contribution in [0.4, 0.5) is 10.1 Å². The maximum absolute atomic E-state index is 13.8. The molecule has 0 spiro atoms. The monoisotopic (exact) mass is 345 g/mol. The molecule has 4 rings (SSSR count). The van der Waals surface area contributed by atoms with Crippen molar-refractivity contribution in [1.29, 1.82) is 0 Å². The van der Waals surface area contributed by atoms with E-state index in [9.17, 15) is 9.18 Å². The number of benzene rings is 1. The molecule has 1 aromatic heterocycles. The van der Waals surface area contributed by atoms with E-state index in [0.29, 0.717) is 6.54 Å². The predicted molar refractivity (Wildman–Crippen MR) is 92.8 cm³/mol. The van der Waals surface area contributed by atoms with Gasteiger partial charge in [0.05, 0.1) is 11.9 Å². The Bertz CT molecular complexity index is 789. The van der Waals surface area contributed by atoms with E-state index < -0.39 is 0 Å². The summed E-state index contributed by atoms with van der Waals surface area (Å²) in [6.07, 6.45) is 5.28. The van der Waals surface area contributed by atoms with Crippen LogP contribution < -0.4 is 4.90 Å². The molecule has 0 fully saturated rings. The fourth-order valence-corrected chi connectivity index (χ4v) is 4.63. The second-order valence-electron chi connectivity index (χ2n) is 6.48. The van der Waals surface area contributed by atoms with E-state index in [-0.39, 0.29) is 17.6 Å². The molecule has 2 aliphatic rings. The molecule has 4 nitrogen and oxygen atoms in total. The Morgan fingerprint density at radius 3 is 3.17 bits per heavy atom. The minimum Gasteiger partial charge on any atom is -0.311 e. The lowest BCUT2D eigenvalue weighted by Crippen LogP contribution is -2.39. The number of rotatable bonds is 1. The van der Waals surface area contributed by atoms with Gasteiger partial charge in [-0.25, -0.2) is 4.39 Å². The molecule has 0 N–H and O–H groups in total. The van der Waals surface area contributed by atoms with Gasteiger partial charge in [0.25, 0.3) is 0 Å². The van der Waals surface area contributed by atoms with Gasteiger partial charge in [0.1, 0.15) is 5.82 Å². The normalized spacial score (nSPS) is 20.2. The first-order valence-corrected chi connectivity index (χ1v) is 9.35. The zero-order chi connectivity index (χ0) is 16.7. The summed E-state index contributed by atoms with van der Waals surface area (Å²) in [4.78, 5) is 16.0. The molecule has 0 bridgehead atoms. The minimum atomic E-state index is -0.286. The fraction of sp³-hybridized carbons (Fsp3) is 0.444. The molecule has 0 saturated carbocycles. The number of fused-ring (bicyclic) bond motifs is 2. The van der Waals surface area contributed by atoms with Crippen LogP contribution in [0, 0.1) is 11.7 Å². The number of hydrogen-bond acceptors (Lipinski definition) is 3. The highest BCUT2D eigenvalue weighted by atomic mass is 32.2. The summed E-state index contributed by atoms with van der Waals surface area (Å²) in [5.74, 6) is 0.744. The van der Waals surface area contributed by atoms with Crippen molar-refractivity contribution in [3.63, 3.8) is 0 Å². The molecule has 1 aliphatic heterocycles. The summed E-state index contributed by atoms with van der Waals surface area (Å²) < 4.78 is 15.6. The zero-order valence-corrected chi connectivity index (χ0v) is 14.5. The van der Waals surface area contributed by atoms with Crippen molar-refractivity contribution < 1.29 is 9.18 Å². The van der Waals surface area contributed by atoms with E-state index in [1.165, 1.54) is 17.7 Å². The van der Waals surface area contributed by atoms with E-state index in [2.05, 4.69) is 5.10 Å². The molecule has 1 amide bonds. The lowest BCUT2D eigenvalue weighted by Gasteiger charge is -2.29. The van der Waals surface area contributed by atoms with Crippen molar-refractivity contribution in [1.82, 2.24) is 9.78 Å². The van der Waals surface area contributed by atoms with Crippen molar-refractivity contribution in [2.24, 2.45) is 13.0 Å². The first-order chi connectivity index (χ1) is 11.6. The highest BCUT2D eigenvalue weighted by molar-refractivity contribution is 7.99. The first-order valence-electron chi connectivity index (χ1n) is 8.37. The third kappa shape index (κ3) is 2.73. The van der Waals surface area contributed by atoms with E-state index in [4.69, 9.17) is 0 Å². The number of carbonyl (C=O) groups is 1. The fourth-order valence-electron chi connectivity index (χ4n) is 3.65. The van der Waals surface area contributed by atoms with Crippen LogP contribution in [0.2, 0.25) is 0 Å². The summed E-state index contributed by atoms with van der Waals surface area (Å²) in [5, 5.41) is 4.31. The number of aromatic nitrogens is 2. The van der Waals surface area contributed by atoms with Gasteiger partial charge in [-0.1, -0.05) is 0 Å². The smallest absolute Gasteiger partial charge is 0.230 e. The summed E-state index contributed by atoms with van der Waals surface area (Å²) in [5.41, 5.74) is 3.14. The number of nitrogens with zero attached hydrogens (tertiary/aromatic N) is 3. The van der Waals surface area contributed by atoms with Crippen LogP contribution in [0.1, 0.15) is 24.1 Å². The second-order valence-corrected chi connectivity index (χ2v) is 7.62. The van der Waals surface area contributed by atoms with Crippen molar-refractivity contribution in [2.45, 2.75) is 30.6 Å². The van der Waals surface area contributed by atoms with Gasteiger partial charge < -0.3 is 4.90 Å². The quantitative estimate of drug-likeness (QED) is 0.797. The molecule has 1 aromatic carbocycles. The zero-order valence-electron chi connectivity index (χ0n) is 13.7. The Labute approximate surface area is 145 Å². The Hall–Kier alpha value is -1.82. The number of aryl methyl sites for hydroxylation is 2. The lowest BCUT2D eigenvalue weighted by atomic mass is 9.87. The molecular weight excluding hydrogens is 325 g/mol. The molecule has 1 aliphatic carbocycles. The average Bonchev–Trinajstić information content (AvgIpc) is 2.83. The van der Waals surface area contributed by atoms with Crippen LogP contribution in [0.25, 0.3) is 0 Å². The summed E-state index contributed by atoms with van der Waals surface area (Å²) in [7, 11) is 1.93. The van der Waals surface area contributed by atoms with Crippen molar-refractivity contribution in [2.75, 3.05) is 17.2 Å². The van der Waals surface area contributed by atoms with Crippen LogP contribution in [-0.4, -0.2) is 28.0 Å². The molecule has 6 heteroatoms. The van der Waals surface area contributed by atoms with E-state index in [1.54, 1.807) is 17.8 Å². The molecule has 1 unspecified atom stereocenters. The molecule has 0 saturated heterocycles. The van der Waals surface area contributed by atoms with E-state index in [0.717, 1.165) is 47.7 Å². The lowest BCUT2D eigenvalue weighted by molar-refractivity contribution is -0.122. The van der Waals surface area contributed by atoms with Crippen LogP contribution >= 0.6 is 11.8 Å². The Balaban J connectivity index is 1.63. The molecule has 24 heavy (non-hydrogen) atoms. The number of thioether (sulfide) groups is 1. The van der Waals surface area contributed by atoms with Crippen LogP contribution in [-0.2, 0) is 24.7 Å². The largest absolute Gasteiger partial charge is 0.311 e. The van der Waals surface area contributed by atoms with Gasteiger partial charge in [-0.05, 0) is 48.8 Å². The summed E-state index contributed by atoms with van der Waals surface area (Å²) >= 11 is 1.70. The molecule has 126 valence electrons. The third-order valence-electron chi connectivity index (χ3n) is 4.96. The minimum absolute atomic E-state index is 0.0490. The maximum Gasteiger partial charge on any atom is 0.230 e. The van der Waals surface area contributed by atoms with E-state index >= 15 is 0 Å². The molecule has 1 atom stereocenters. The Morgan fingerprint density at radius 2 is 2.29 bits per heavy atom. The highest BCUT2D eigenvalue weighted by Gasteiger charge is 2.32. The number of hydrogen-bond donors (Lipinski definition) is 0. The number of amides is 1. The summed E-state index contributed by atoms with van der Waals surface area (Å²) in [6, 6.07) is 4.77. The van der Waals surface area contributed by atoms with Gasteiger partial charge in [0.2, 0.25) is 5.91 Å². The molecule has 2 aromatic rings. The van der Waals surface area contributed by atoms with Crippen molar-refractivity contribution >= 4 is 23.4 Å². The van der Waals surface area contributed by atoms with Crippen molar-refractivity contribution in [3.8, 4) is 0 Å². The number of anilines is 1. The van der Waals surface area contributed by atoms with Gasteiger partial charge >= 0.3 is 0 Å². The SMILES string of the molecule is Cn1ncc2c1CC(C(=O)N1CCCSc3ccc(F)cc31)CC2. The van der Waals surface area contributed by atoms with Crippen LogP contribution in [0.15, 0.2) is 29.3 Å². The van der Waals surface area contributed by atoms with Gasteiger partial charge in [-0.15, -0.1) is 11.8 Å². The predicted octanol–water partition coefficient (Wildman–Crippen LogP) is 3.19. The maximum atomic E-state index is 13.8. The number of halogens is 1. The highest BCUT2D eigenvalue weighted by Crippen LogP contribution is 2.36. The summed E-state index contributed by atoms with van der Waals surface area (Å²) in [6.45, 7) is 0.664. The first kappa shape index (κ1) is 15.7. The average molecular weight is 345 g/mol. The number of carbonyl (C=O) groups excluding carboxylic acids is 1. The van der Waals surface area contributed by atoms with Gasteiger partial charge in [-0.2, -0.15) is 5.10 Å². The molecule has 2 heterocycles. The topological polar surface area (TPSA) is 38.1 Å². The Morgan fingerprint density at radius 1 is 1.42 bits per heavy atom. The molecular formula is C18H20FN3OS. The van der Waals surface area contributed by atoms with Crippen LogP contribution in [0.3, 0.4) is 0 Å².